The minimum absolute atomic E-state index is 0.104. The summed E-state index contributed by atoms with van der Waals surface area (Å²) in [6.07, 6.45) is 0. The summed E-state index contributed by atoms with van der Waals surface area (Å²) in [7, 11) is 1.65. The molecule has 29 heavy (non-hydrogen) atoms. The van der Waals surface area contributed by atoms with Crippen molar-refractivity contribution in [3.8, 4) is 5.75 Å². The Balaban J connectivity index is 1.95. The quantitative estimate of drug-likeness (QED) is 0.388. The van der Waals surface area contributed by atoms with Gasteiger partial charge in [-0.15, -0.1) is 0 Å². The van der Waals surface area contributed by atoms with Crippen molar-refractivity contribution in [3.63, 3.8) is 0 Å². The number of nitrogens with one attached hydrogen (secondary N) is 1. The average Bonchev–Trinajstić information content (AvgIpc) is 2.78. The predicted octanol–water partition coefficient (Wildman–Crippen LogP) is 4.23. The van der Waals surface area contributed by atoms with Gasteiger partial charge in [-0.1, -0.05) is 0 Å². The molecule has 0 fully saturated rings. The van der Waals surface area contributed by atoms with Gasteiger partial charge in [-0.3, -0.25) is 0 Å². The Hall–Kier alpha value is -2.75. The molecule has 2 atom stereocenters. The van der Waals surface area contributed by atoms with Gasteiger partial charge in [0.2, 0.25) is 0 Å². The monoisotopic (exact) mass is 455 g/mol. The number of rotatable bonds is 9. The normalized spacial score (nSPS) is 12.6. The Bertz CT molecular complexity index is 885. The summed E-state index contributed by atoms with van der Waals surface area (Å²) in [5.74, 6) is 0.619. The molecule has 0 bridgehead atoms. The number of hydrogen-bond acceptors (Lipinski definition) is 4. The zero-order valence-corrected chi connectivity index (χ0v) is 18.3. The van der Waals surface area contributed by atoms with E-state index in [4.69, 9.17) is 9.47 Å². The molecule has 0 aliphatic heterocycles. The van der Waals surface area contributed by atoms with Crippen LogP contribution in [0.3, 0.4) is 0 Å². The second kappa shape index (κ2) is 10.7. The fourth-order valence-electron chi connectivity index (χ4n) is 2.98. The van der Waals surface area contributed by atoms with Gasteiger partial charge < -0.3 is 0 Å². The topological polar surface area (TPSA) is 47.6 Å². The van der Waals surface area contributed by atoms with Crippen LogP contribution >= 0.6 is 0 Å². The van der Waals surface area contributed by atoms with E-state index in [1.165, 1.54) is 0 Å². The van der Waals surface area contributed by atoms with Crippen LogP contribution in [0.5, 0.6) is 5.75 Å². The summed E-state index contributed by atoms with van der Waals surface area (Å²) in [6.45, 7) is 2.21. The molecule has 0 aliphatic carbocycles. The number of carbonyl (C=O) groups is 1. The molecule has 0 aromatic heterocycles. The van der Waals surface area contributed by atoms with Crippen molar-refractivity contribution in [2.24, 2.45) is 0 Å². The van der Waals surface area contributed by atoms with E-state index in [0.29, 0.717) is 6.61 Å². The third-order valence-electron chi connectivity index (χ3n) is 4.40. The number of methoxy groups -OCH3 is 1. The van der Waals surface area contributed by atoms with E-state index in [1.54, 1.807) is 7.11 Å². The zero-order chi connectivity index (χ0) is 20.5. The van der Waals surface area contributed by atoms with Crippen LogP contribution < -0.4 is 14.5 Å². The van der Waals surface area contributed by atoms with Gasteiger partial charge in [0.25, 0.3) is 0 Å². The molecule has 4 nitrogen and oxygen atoms in total. The van der Waals surface area contributed by atoms with Crippen molar-refractivity contribution in [1.29, 1.82) is 0 Å². The molecule has 3 rings (SSSR count). The van der Waals surface area contributed by atoms with Crippen molar-refractivity contribution in [2.75, 3.05) is 19.0 Å². The van der Waals surface area contributed by atoms with Gasteiger partial charge in [-0.25, -0.2) is 0 Å². The molecule has 0 saturated carbocycles. The first-order valence-electron chi connectivity index (χ1n) is 9.55. The van der Waals surface area contributed by atoms with Crippen LogP contribution in [0.15, 0.2) is 84.9 Å². The van der Waals surface area contributed by atoms with E-state index in [0.717, 1.165) is 21.5 Å². The van der Waals surface area contributed by atoms with E-state index in [9.17, 15) is 4.79 Å². The van der Waals surface area contributed by atoms with Gasteiger partial charge in [0.1, 0.15) is 0 Å². The van der Waals surface area contributed by atoms with E-state index in [-0.39, 0.29) is 31.8 Å². The molecule has 3 aromatic rings. The van der Waals surface area contributed by atoms with Gasteiger partial charge in [-0.05, 0) is 0 Å². The van der Waals surface area contributed by atoms with Gasteiger partial charge >= 0.3 is 178 Å². The standard InChI is InChI=1S/C24H25NO3Se/c1-3-28-24(26)23(29-21-12-8-5-9-13-21)22(18-10-6-4-7-11-18)25-19-14-16-20(27-2)17-15-19/h4-17,22-23,25H,3H2,1-2H3/t22-,23+/m0/s1. The molecule has 0 aliphatic rings. The first-order chi connectivity index (χ1) is 14.2. The Labute approximate surface area is 178 Å². The molecule has 0 spiro atoms. The first-order valence-corrected chi connectivity index (χ1v) is 11.4. The number of carbonyl (C=O) groups excluding carboxylic acids is 1. The molecule has 0 radical (unpaired) electrons. The fourth-order valence-corrected chi connectivity index (χ4v) is 5.36. The van der Waals surface area contributed by atoms with Crippen molar-refractivity contribution in [3.05, 3.63) is 90.5 Å². The van der Waals surface area contributed by atoms with Gasteiger partial charge in [0.05, 0.1) is 0 Å². The molecular formula is C24H25NO3Se. The van der Waals surface area contributed by atoms with Gasteiger partial charge in [0.15, 0.2) is 0 Å². The van der Waals surface area contributed by atoms with Crippen LogP contribution in [0.4, 0.5) is 5.69 Å². The van der Waals surface area contributed by atoms with Crippen LogP contribution in [0.1, 0.15) is 18.5 Å². The number of benzene rings is 3. The van der Waals surface area contributed by atoms with Crippen molar-refractivity contribution in [1.82, 2.24) is 0 Å². The van der Waals surface area contributed by atoms with Crippen LogP contribution in [0.25, 0.3) is 0 Å². The molecule has 0 saturated heterocycles. The predicted molar refractivity (Wildman–Crippen MR) is 118 cm³/mol. The van der Waals surface area contributed by atoms with Gasteiger partial charge in [0, 0.05) is 0 Å². The molecule has 150 valence electrons. The van der Waals surface area contributed by atoms with Crippen LogP contribution in [0, 0.1) is 0 Å². The van der Waals surface area contributed by atoms with E-state index < -0.39 is 0 Å². The first kappa shape index (κ1) is 21.0. The van der Waals surface area contributed by atoms with Crippen molar-refractivity contribution in [2.45, 2.75) is 17.8 Å². The van der Waals surface area contributed by atoms with E-state index in [1.807, 2.05) is 67.6 Å². The second-order valence-electron chi connectivity index (χ2n) is 6.36. The Kier molecular flexibility index (Phi) is 7.74. The number of esters is 1. The van der Waals surface area contributed by atoms with E-state index in [2.05, 4.69) is 29.6 Å². The SMILES string of the molecule is CCOC(=O)[C@H]([Se]c1ccccc1)[C@@H](Nc1ccc(OC)cc1)c1ccccc1. The van der Waals surface area contributed by atoms with Crippen LogP contribution in [-0.4, -0.2) is 34.6 Å². The third kappa shape index (κ3) is 5.86. The number of ether oxygens (including phenoxy) is 2. The molecule has 0 amide bonds. The summed E-state index contributed by atoms with van der Waals surface area (Å²) in [4.78, 5) is 12.7. The summed E-state index contributed by atoms with van der Waals surface area (Å²) in [5, 5.41) is 3.57. The number of anilines is 1. The summed E-state index contributed by atoms with van der Waals surface area (Å²) in [5.41, 5.74) is 1.98. The Morgan fingerprint density at radius 2 is 1.55 bits per heavy atom. The second-order valence-corrected chi connectivity index (χ2v) is 8.91. The third-order valence-corrected chi connectivity index (χ3v) is 7.05. The zero-order valence-electron chi connectivity index (χ0n) is 16.6. The molecule has 0 unspecified atom stereocenters. The summed E-state index contributed by atoms with van der Waals surface area (Å²) < 4.78 is 11.9. The summed E-state index contributed by atoms with van der Waals surface area (Å²) >= 11 is -0.104. The Morgan fingerprint density at radius 3 is 2.14 bits per heavy atom. The molecule has 1 N–H and O–H groups in total. The van der Waals surface area contributed by atoms with E-state index >= 15 is 0 Å². The van der Waals surface area contributed by atoms with Crippen molar-refractivity contribution >= 4 is 31.1 Å². The minimum atomic E-state index is -0.311. The molecular weight excluding hydrogens is 429 g/mol. The van der Waals surface area contributed by atoms with Gasteiger partial charge in [-0.2, -0.15) is 0 Å². The average molecular weight is 454 g/mol. The van der Waals surface area contributed by atoms with Crippen molar-refractivity contribution < 1.29 is 14.3 Å². The summed E-state index contributed by atoms with van der Waals surface area (Å²) in [6, 6.07) is 27.8. The molecule has 0 heterocycles. The molecule has 3 aromatic carbocycles. The fraction of sp³-hybridized carbons (Fsp3) is 0.208. The maximum absolute atomic E-state index is 13.0. The molecule has 5 heteroatoms. The number of hydrogen-bond donors (Lipinski definition) is 1. The Morgan fingerprint density at radius 1 is 0.931 bits per heavy atom. The van der Waals surface area contributed by atoms with Crippen LogP contribution in [0.2, 0.25) is 4.82 Å². The maximum atomic E-state index is 13.0. The van der Waals surface area contributed by atoms with Crippen LogP contribution in [-0.2, 0) is 9.53 Å².